The molecule has 0 saturated heterocycles. The van der Waals surface area contributed by atoms with Gasteiger partial charge in [-0.05, 0) is 41.5 Å². The Kier molecular flexibility index (Phi) is 5.98. The molecular formula is C20H20ClN3O3. The lowest BCUT2D eigenvalue weighted by Gasteiger charge is -2.28. The van der Waals surface area contributed by atoms with Crippen LogP contribution in [0.15, 0.2) is 54.6 Å². The van der Waals surface area contributed by atoms with Crippen LogP contribution in [0.4, 0.5) is 0 Å². The molecule has 0 fully saturated rings. The summed E-state index contributed by atoms with van der Waals surface area (Å²) in [5.41, 5.74) is 5.59. The summed E-state index contributed by atoms with van der Waals surface area (Å²) in [6.07, 6.45) is 2.03. The fraction of sp³-hybridized carbons (Fsp3) is 0.200. The number of benzene rings is 2. The summed E-state index contributed by atoms with van der Waals surface area (Å²) < 4.78 is 5.17. The van der Waals surface area contributed by atoms with Crippen molar-refractivity contribution in [1.29, 1.82) is 0 Å². The molecular weight excluding hydrogens is 366 g/mol. The molecule has 1 aliphatic heterocycles. The molecule has 0 saturated carbocycles. The summed E-state index contributed by atoms with van der Waals surface area (Å²) in [6.45, 7) is 0.283. The Balaban J connectivity index is 1.57. The number of rotatable bonds is 6. The third kappa shape index (κ3) is 5.01. The number of hydrogen-bond donors (Lipinski definition) is 2. The zero-order valence-corrected chi connectivity index (χ0v) is 15.6. The van der Waals surface area contributed by atoms with E-state index in [1.54, 1.807) is 25.3 Å². The molecule has 2 amide bonds. The highest BCUT2D eigenvalue weighted by molar-refractivity contribution is 6.30. The van der Waals surface area contributed by atoms with Gasteiger partial charge in [0, 0.05) is 18.0 Å². The normalized spacial score (nSPS) is 13.6. The highest BCUT2D eigenvalue weighted by Gasteiger charge is 2.22. The van der Waals surface area contributed by atoms with Gasteiger partial charge in [-0.15, -0.1) is 0 Å². The van der Waals surface area contributed by atoms with Crippen LogP contribution in [-0.2, 0) is 16.1 Å². The molecule has 0 unspecified atom stereocenters. The molecule has 7 heteroatoms. The number of carbonyl (C=O) groups excluding carboxylic acids is 2. The van der Waals surface area contributed by atoms with Gasteiger partial charge in [-0.3, -0.25) is 15.0 Å². The zero-order valence-electron chi connectivity index (χ0n) is 14.9. The fourth-order valence-electron chi connectivity index (χ4n) is 2.68. The van der Waals surface area contributed by atoms with E-state index in [0.29, 0.717) is 11.6 Å². The van der Waals surface area contributed by atoms with Crippen molar-refractivity contribution >= 4 is 29.1 Å². The van der Waals surface area contributed by atoms with E-state index in [2.05, 4.69) is 10.7 Å². The van der Waals surface area contributed by atoms with Crippen molar-refractivity contribution in [3.8, 4) is 5.75 Å². The number of hydrogen-bond acceptors (Lipinski definition) is 4. The summed E-state index contributed by atoms with van der Waals surface area (Å²) in [6, 6.07) is 14.7. The SMILES string of the molecule is COc1cccc(CNC(=O)CN2NC(c3ccc(Cl)cc3)=CCC2=O)c1. The first kappa shape index (κ1) is 18.8. The third-order valence-corrected chi connectivity index (χ3v) is 4.37. The molecule has 0 aliphatic carbocycles. The average Bonchev–Trinajstić information content (AvgIpc) is 2.69. The second kappa shape index (κ2) is 8.60. The Bertz CT molecular complexity index is 865. The van der Waals surface area contributed by atoms with Crippen LogP contribution in [0.2, 0.25) is 5.02 Å². The number of halogens is 1. The van der Waals surface area contributed by atoms with E-state index in [4.69, 9.17) is 16.3 Å². The van der Waals surface area contributed by atoms with E-state index in [1.165, 1.54) is 5.01 Å². The molecule has 3 rings (SSSR count). The molecule has 1 heterocycles. The average molecular weight is 386 g/mol. The predicted molar refractivity (Wildman–Crippen MR) is 104 cm³/mol. The van der Waals surface area contributed by atoms with Crippen LogP contribution in [0.1, 0.15) is 17.5 Å². The van der Waals surface area contributed by atoms with Gasteiger partial charge in [0.2, 0.25) is 11.8 Å². The van der Waals surface area contributed by atoms with Crippen molar-refractivity contribution in [1.82, 2.24) is 15.8 Å². The summed E-state index contributed by atoms with van der Waals surface area (Å²) in [4.78, 5) is 24.4. The maximum absolute atomic E-state index is 12.3. The van der Waals surface area contributed by atoms with Crippen LogP contribution in [0.3, 0.4) is 0 Å². The molecule has 0 spiro atoms. The number of methoxy groups -OCH3 is 1. The maximum Gasteiger partial charge on any atom is 0.245 e. The Hall–Kier alpha value is -2.99. The van der Waals surface area contributed by atoms with Crippen LogP contribution < -0.4 is 15.5 Å². The van der Waals surface area contributed by atoms with Gasteiger partial charge < -0.3 is 10.1 Å². The quantitative estimate of drug-likeness (QED) is 0.802. The van der Waals surface area contributed by atoms with Gasteiger partial charge in [0.05, 0.1) is 12.8 Å². The highest BCUT2D eigenvalue weighted by Crippen LogP contribution is 2.19. The summed E-state index contributed by atoms with van der Waals surface area (Å²) in [5, 5.41) is 4.78. The van der Waals surface area contributed by atoms with E-state index in [0.717, 1.165) is 22.6 Å². The molecule has 0 aromatic heterocycles. The molecule has 2 N–H and O–H groups in total. The molecule has 0 bridgehead atoms. The first-order valence-corrected chi connectivity index (χ1v) is 8.85. The monoisotopic (exact) mass is 385 g/mol. The molecule has 0 atom stereocenters. The van der Waals surface area contributed by atoms with Crippen LogP contribution in [-0.4, -0.2) is 30.5 Å². The van der Waals surface area contributed by atoms with E-state index in [-0.39, 0.29) is 24.8 Å². The highest BCUT2D eigenvalue weighted by atomic mass is 35.5. The van der Waals surface area contributed by atoms with Crippen molar-refractivity contribution in [2.45, 2.75) is 13.0 Å². The van der Waals surface area contributed by atoms with Crippen molar-refractivity contribution in [3.05, 3.63) is 70.8 Å². The van der Waals surface area contributed by atoms with Gasteiger partial charge >= 0.3 is 0 Å². The largest absolute Gasteiger partial charge is 0.497 e. The predicted octanol–water partition coefficient (Wildman–Crippen LogP) is 2.74. The fourth-order valence-corrected chi connectivity index (χ4v) is 2.80. The third-order valence-electron chi connectivity index (χ3n) is 4.12. The second-order valence-electron chi connectivity index (χ2n) is 6.05. The number of amides is 2. The lowest BCUT2D eigenvalue weighted by Crippen LogP contribution is -2.49. The number of nitrogens with zero attached hydrogens (tertiary/aromatic N) is 1. The summed E-state index contributed by atoms with van der Waals surface area (Å²) >= 11 is 5.91. The molecule has 0 radical (unpaired) electrons. The smallest absolute Gasteiger partial charge is 0.245 e. The lowest BCUT2D eigenvalue weighted by molar-refractivity contribution is -0.137. The first-order valence-electron chi connectivity index (χ1n) is 8.48. The number of ether oxygens (including phenoxy) is 1. The zero-order chi connectivity index (χ0) is 19.2. The number of carbonyl (C=O) groups is 2. The van der Waals surface area contributed by atoms with Gasteiger partial charge in [0.1, 0.15) is 12.3 Å². The summed E-state index contributed by atoms with van der Waals surface area (Å²) in [5.74, 6) is 0.313. The Morgan fingerprint density at radius 3 is 2.78 bits per heavy atom. The van der Waals surface area contributed by atoms with E-state index in [1.807, 2.05) is 36.4 Å². The lowest BCUT2D eigenvalue weighted by atomic mass is 10.1. The van der Waals surface area contributed by atoms with E-state index >= 15 is 0 Å². The minimum atomic E-state index is -0.254. The van der Waals surface area contributed by atoms with Crippen molar-refractivity contribution < 1.29 is 14.3 Å². The van der Waals surface area contributed by atoms with Crippen LogP contribution in [0.5, 0.6) is 5.75 Å². The number of nitrogens with one attached hydrogen (secondary N) is 2. The van der Waals surface area contributed by atoms with Crippen LogP contribution >= 0.6 is 11.6 Å². The van der Waals surface area contributed by atoms with Gasteiger partial charge in [-0.2, -0.15) is 0 Å². The summed E-state index contributed by atoms with van der Waals surface area (Å²) in [7, 11) is 1.59. The Morgan fingerprint density at radius 1 is 1.26 bits per heavy atom. The Morgan fingerprint density at radius 2 is 2.04 bits per heavy atom. The number of hydrazine groups is 1. The minimum Gasteiger partial charge on any atom is -0.497 e. The Labute approximate surface area is 162 Å². The second-order valence-corrected chi connectivity index (χ2v) is 6.49. The van der Waals surface area contributed by atoms with Crippen LogP contribution in [0, 0.1) is 0 Å². The van der Waals surface area contributed by atoms with Gasteiger partial charge in [-0.25, -0.2) is 5.01 Å². The van der Waals surface area contributed by atoms with Gasteiger partial charge in [0.15, 0.2) is 0 Å². The standard InChI is InChI=1S/C20H20ClN3O3/c1-27-17-4-2-3-14(11-17)12-22-19(25)13-24-20(26)10-9-18(23-24)15-5-7-16(21)8-6-15/h2-9,11,23H,10,12-13H2,1H3,(H,22,25). The first-order chi connectivity index (χ1) is 13.0. The van der Waals surface area contributed by atoms with Gasteiger partial charge in [0.25, 0.3) is 0 Å². The minimum absolute atomic E-state index is 0.0757. The van der Waals surface area contributed by atoms with E-state index < -0.39 is 0 Å². The molecule has 140 valence electrons. The maximum atomic E-state index is 12.3. The van der Waals surface area contributed by atoms with Gasteiger partial charge in [-0.1, -0.05) is 35.9 Å². The van der Waals surface area contributed by atoms with Crippen LogP contribution in [0.25, 0.3) is 5.70 Å². The van der Waals surface area contributed by atoms with Crippen molar-refractivity contribution in [2.75, 3.05) is 13.7 Å². The van der Waals surface area contributed by atoms with Crippen molar-refractivity contribution in [2.24, 2.45) is 0 Å². The molecule has 2 aromatic carbocycles. The molecule has 6 nitrogen and oxygen atoms in total. The van der Waals surface area contributed by atoms with E-state index in [9.17, 15) is 9.59 Å². The topological polar surface area (TPSA) is 70.7 Å². The molecule has 27 heavy (non-hydrogen) atoms. The molecule has 1 aliphatic rings. The molecule has 2 aromatic rings. The van der Waals surface area contributed by atoms with Crippen molar-refractivity contribution in [3.63, 3.8) is 0 Å².